The minimum absolute atomic E-state index is 0.0447. The second kappa shape index (κ2) is 10.3. The zero-order valence-electron chi connectivity index (χ0n) is 14.4. The lowest BCUT2D eigenvalue weighted by Crippen LogP contribution is -2.49. The molecule has 1 saturated heterocycles. The maximum atomic E-state index is 12.5. The summed E-state index contributed by atoms with van der Waals surface area (Å²) >= 11 is 6.04. The highest BCUT2D eigenvalue weighted by Crippen LogP contribution is 2.23. The number of hydrogen-bond acceptors (Lipinski definition) is 4. The summed E-state index contributed by atoms with van der Waals surface area (Å²) in [5, 5.41) is 3.40. The fourth-order valence-corrected chi connectivity index (χ4v) is 3.14. The summed E-state index contributed by atoms with van der Waals surface area (Å²) in [7, 11) is 0. The van der Waals surface area contributed by atoms with Gasteiger partial charge in [0.25, 0.3) is 0 Å². The number of hydrogen-bond donors (Lipinski definition) is 2. The van der Waals surface area contributed by atoms with Crippen molar-refractivity contribution < 1.29 is 14.3 Å². The number of ether oxygens (including phenoxy) is 1. The van der Waals surface area contributed by atoms with Crippen molar-refractivity contribution in [3.05, 3.63) is 29.3 Å². The summed E-state index contributed by atoms with van der Waals surface area (Å²) in [5.74, 6) is 0.563. The highest BCUT2D eigenvalue weighted by atomic mass is 35.5. The van der Waals surface area contributed by atoms with Crippen LogP contribution in [-0.2, 0) is 9.59 Å². The molecule has 1 aliphatic heterocycles. The van der Waals surface area contributed by atoms with E-state index in [9.17, 15) is 9.59 Å². The monoisotopic (exact) mass is 367 g/mol. The maximum absolute atomic E-state index is 12.5. The molecule has 1 aliphatic rings. The predicted molar refractivity (Wildman–Crippen MR) is 97.6 cm³/mol. The number of likely N-dealkylation sites (tertiary alicyclic amines) is 1. The molecule has 1 heterocycles. The van der Waals surface area contributed by atoms with Gasteiger partial charge in [-0.3, -0.25) is 9.59 Å². The van der Waals surface area contributed by atoms with E-state index >= 15 is 0 Å². The maximum Gasteiger partial charge on any atom is 0.226 e. The Kier molecular flexibility index (Phi) is 8.01. The van der Waals surface area contributed by atoms with E-state index < -0.39 is 0 Å². The molecule has 0 aliphatic carbocycles. The van der Waals surface area contributed by atoms with Gasteiger partial charge >= 0.3 is 0 Å². The van der Waals surface area contributed by atoms with E-state index in [0.717, 1.165) is 25.8 Å². The molecule has 1 unspecified atom stereocenters. The van der Waals surface area contributed by atoms with Crippen LogP contribution in [0, 0.1) is 0 Å². The van der Waals surface area contributed by atoms with Crippen molar-refractivity contribution in [1.29, 1.82) is 0 Å². The molecule has 0 aromatic heterocycles. The molecule has 1 aromatic carbocycles. The number of para-hydroxylation sites is 1. The largest absolute Gasteiger partial charge is 0.491 e. The van der Waals surface area contributed by atoms with E-state index in [1.807, 2.05) is 17.0 Å². The number of carbonyl (C=O) groups is 2. The smallest absolute Gasteiger partial charge is 0.226 e. The molecule has 1 fully saturated rings. The zero-order valence-corrected chi connectivity index (χ0v) is 15.1. The van der Waals surface area contributed by atoms with Crippen LogP contribution in [0.1, 0.15) is 32.1 Å². The first kappa shape index (κ1) is 19.5. The minimum Gasteiger partial charge on any atom is -0.491 e. The molecule has 2 amide bonds. The first-order valence-electron chi connectivity index (χ1n) is 8.75. The molecule has 6 nitrogen and oxygen atoms in total. The SMILES string of the molecule is NCCC(=O)NCC1CCCCN1C(=O)CCOc1ccccc1Cl. The molecule has 3 N–H and O–H groups in total. The fraction of sp³-hybridized carbons (Fsp3) is 0.556. The molecule has 0 radical (unpaired) electrons. The Bertz CT molecular complexity index is 582. The Hall–Kier alpha value is -1.79. The number of carbonyl (C=O) groups excluding carboxylic acids is 2. The van der Waals surface area contributed by atoms with Gasteiger partial charge in [0.15, 0.2) is 0 Å². The molecule has 0 spiro atoms. The number of amides is 2. The van der Waals surface area contributed by atoms with Crippen LogP contribution < -0.4 is 15.8 Å². The van der Waals surface area contributed by atoms with Gasteiger partial charge in [0, 0.05) is 32.1 Å². The van der Waals surface area contributed by atoms with Crippen molar-refractivity contribution in [3.63, 3.8) is 0 Å². The summed E-state index contributed by atoms with van der Waals surface area (Å²) in [6.07, 6.45) is 3.56. The molecule has 0 saturated carbocycles. The molecule has 2 rings (SSSR count). The van der Waals surface area contributed by atoms with Crippen molar-refractivity contribution >= 4 is 23.4 Å². The standard InChI is InChI=1S/C18H26ClN3O3/c19-15-6-1-2-7-16(15)25-12-9-18(24)22-11-4-3-5-14(22)13-21-17(23)8-10-20/h1-2,6-7,14H,3-5,8-13,20H2,(H,21,23). The molecule has 0 bridgehead atoms. The van der Waals surface area contributed by atoms with Crippen molar-refractivity contribution in [1.82, 2.24) is 10.2 Å². The lowest BCUT2D eigenvalue weighted by Gasteiger charge is -2.36. The normalized spacial score (nSPS) is 17.2. The average Bonchev–Trinajstić information content (AvgIpc) is 2.62. The summed E-state index contributed by atoms with van der Waals surface area (Å²) in [4.78, 5) is 26.0. The third-order valence-electron chi connectivity index (χ3n) is 4.26. The molecular weight excluding hydrogens is 342 g/mol. The van der Waals surface area contributed by atoms with Crippen LogP contribution in [0.2, 0.25) is 5.02 Å². The lowest BCUT2D eigenvalue weighted by atomic mass is 10.0. The number of piperidine rings is 1. The van der Waals surface area contributed by atoms with Crippen LogP contribution in [0.25, 0.3) is 0 Å². The van der Waals surface area contributed by atoms with Crippen LogP contribution >= 0.6 is 11.6 Å². The number of benzene rings is 1. The molecule has 1 atom stereocenters. The van der Waals surface area contributed by atoms with Crippen molar-refractivity contribution in [3.8, 4) is 5.75 Å². The van der Waals surface area contributed by atoms with Gasteiger partial charge in [-0.05, 0) is 31.4 Å². The number of nitrogens with zero attached hydrogens (tertiary/aromatic N) is 1. The lowest BCUT2D eigenvalue weighted by molar-refractivity contribution is -0.136. The topological polar surface area (TPSA) is 84.7 Å². The van der Waals surface area contributed by atoms with Gasteiger partial charge in [-0.15, -0.1) is 0 Å². The Balaban J connectivity index is 1.81. The van der Waals surface area contributed by atoms with E-state index in [-0.39, 0.29) is 24.5 Å². The van der Waals surface area contributed by atoms with E-state index in [2.05, 4.69) is 5.32 Å². The van der Waals surface area contributed by atoms with Gasteiger partial charge in [0.05, 0.1) is 18.1 Å². The van der Waals surface area contributed by atoms with Gasteiger partial charge in [-0.2, -0.15) is 0 Å². The number of nitrogens with two attached hydrogens (primary N) is 1. The van der Waals surface area contributed by atoms with Gasteiger partial charge in [0.1, 0.15) is 5.75 Å². The summed E-state index contributed by atoms with van der Waals surface area (Å²) in [6, 6.07) is 7.25. The van der Waals surface area contributed by atoms with E-state index in [0.29, 0.717) is 36.7 Å². The highest BCUT2D eigenvalue weighted by molar-refractivity contribution is 6.32. The predicted octanol–water partition coefficient (Wildman–Crippen LogP) is 1.96. The Morgan fingerprint density at radius 3 is 2.84 bits per heavy atom. The van der Waals surface area contributed by atoms with Gasteiger partial charge in [-0.1, -0.05) is 23.7 Å². The van der Waals surface area contributed by atoms with Crippen molar-refractivity contribution in [2.75, 3.05) is 26.2 Å². The second-order valence-corrected chi connectivity index (χ2v) is 6.52. The first-order valence-corrected chi connectivity index (χ1v) is 9.13. The average molecular weight is 368 g/mol. The minimum atomic E-state index is -0.0671. The zero-order chi connectivity index (χ0) is 18.1. The number of rotatable bonds is 8. The molecule has 7 heteroatoms. The summed E-state index contributed by atoms with van der Waals surface area (Å²) < 4.78 is 5.60. The van der Waals surface area contributed by atoms with Crippen LogP contribution in [0.5, 0.6) is 5.75 Å². The second-order valence-electron chi connectivity index (χ2n) is 6.11. The third-order valence-corrected chi connectivity index (χ3v) is 4.58. The fourth-order valence-electron chi connectivity index (χ4n) is 2.95. The Morgan fingerprint density at radius 1 is 1.28 bits per heavy atom. The van der Waals surface area contributed by atoms with Gasteiger partial charge in [0.2, 0.25) is 11.8 Å². The molecular formula is C18H26ClN3O3. The van der Waals surface area contributed by atoms with Gasteiger partial charge in [-0.25, -0.2) is 0 Å². The van der Waals surface area contributed by atoms with Crippen LogP contribution in [0.3, 0.4) is 0 Å². The Morgan fingerprint density at radius 2 is 2.08 bits per heavy atom. The first-order chi connectivity index (χ1) is 12.1. The van der Waals surface area contributed by atoms with Crippen LogP contribution in [0.15, 0.2) is 24.3 Å². The summed E-state index contributed by atoms with van der Waals surface area (Å²) in [6.45, 7) is 1.82. The van der Waals surface area contributed by atoms with E-state index in [4.69, 9.17) is 22.1 Å². The quantitative estimate of drug-likeness (QED) is 0.735. The van der Waals surface area contributed by atoms with Gasteiger partial charge < -0.3 is 20.7 Å². The third kappa shape index (κ3) is 6.21. The van der Waals surface area contributed by atoms with E-state index in [1.54, 1.807) is 12.1 Å². The molecule has 138 valence electrons. The highest BCUT2D eigenvalue weighted by Gasteiger charge is 2.26. The van der Waals surface area contributed by atoms with E-state index in [1.165, 1.54) is 0 Å². The molecule has 1 aromatic rings. The van der Waals surface area contributed by atoms with Crippen LogP contribution in [0.4, 0.5) is 0 Å². The number of halogens is 1. The molecule has 25 heavy (non-hydrogen) atoms. The van der Waals surface area contributed by atoms with Crippen molar-refractivity contribution in [2.24, 2.45) is 5.73 Å². The summed E-state index contributed by atoms with van der Waals surface area (Å²) in [5.41, 5.74) is 5.38. The Labute approximate surface area is 153 Å². The van der Waals surface area contributed by atoms with Crippen molar-refractivity contribution in [2.45, 2.75) is 38.1 Å². The van der Waals surface area contributed by atoms with Crippen LogP contribution in [-0.4, -0.2) is 49.0 Å². The number of nitrogens with one attached hydrogen (secondary N) is 1.